The van der Waals surface area contributed by atoms with Crippen LogP contribution in [-0.4, -0.2) is 60.4 Å². The van der Waals surface area contributed by atoms with Gasteiger partial charge in [0.1, 0.15) is 11.5 Å². The zero-order valence-electron chi connectivity index (χ0n) is 18.0. The molecule has 0 aliphatic carbocycles. The third-order valence-electron chi connectivity index (χ3n) is 5.17. The van der Waals surface area contributed by atoms with E-state index in [2.05, 4.69) is 0 Å². The van der Waals surface area contributed by atoms with Crippen molar-refractivity contribution in [3.8, 4) is 5.75 Å². The molecule has 0 aromatic heterocycles. The number of carbonyl (C=O) groups is 2. The van der Waals surface area contributed by atoms with Gasteiger partial charge >= 0.3 is 0 Å². The van der Waals surface area contributed by atoms with Crippen LogP contribution in [0.15, 0.2) is 54.1 Å². The van der Waals surface area contributed by atoms with Crippen LogP contribution in [0.1, 0.15) is 30.5 Å². The Morgan fingerprint density at radius 3 is 2.32 bits per heavy atom. The summed E-state index contributed by atoms with van der Waals surface area (Å²) in [6.07, 6.45) is 0.703. The van der Waals surface area contributed by atoms with Gasteiger partial charge in [-0.15, -0.1) is 0 Å². The first-order valence-electron chi connectivity index (χ1n) is 10.2. The normalized spacial score (nSPS) is 18.1. The first kappa shape index (κ1) is 22.8. The molecule has 1 aliphatic rings. The lowest BCUT2D eigenvalue weighted by Gasteiger charge is -2.26. The lowest BCUT2D eigenvalue weighted by Crippen LogP contribution is -2.32. The van der Waals surface area contributed by atoms with E-state index in [1.54, 1.807) is 41.3 Å². The maximum Gasteiger partial charge on any atom is 0.295 e. The summed E-state index contributed by atoms with van der Waals surface area (Å²) in [6, 6.07) is 13.1. The highest BCUT2D eigenvalue weighted by Gasteiger charge is 2.45. The van der Waals surface area contributed by atoms with Crippen LogP contribution in [0, 0.1) is 0 Å². The summed E-state index contributed by atoms with van der Waals surface area (Å²) in [5.74, 6) is -0.790. The number of ether oxygens (including phenoxy) is 1. The molecular formula is C24H27ClN2O4. The van der Waals surface area contributed by atoms with E-state index in [0.717, 1.165) is 12.1 Å². The third-order valence-corrected chi connectivity index (χ3v) is 5.42. The molecule has 164 valence electrons. The molecule has 1 unspecified atom stereocenters. The van der Waals surface area contributed by atoms with Crippen molar-refractivity contribution in [2.75, 3.05) is 33.8 Å². The number of Topliss-reactive ketones (excluding diaryl/α,β-unsaturated/α-hetero) is 1. The summed E-state index contributed by atoms with van der Waals surface area (Å²) in [7, 11) is 3.91. The van der Waals surface area contributed by atoms with Crippen molar-refractivity contribution in [3.05, 3.63) is 70.3 Å². The van der Waals surface area contributed by atoms with E-state index in [1.807, 2.05) is 38.1 Å². The molecule has 1 N–H and O–H groups in total. The molecule has 6 nitrogen and oxygen atoms in total. The van der Waals surface area contributed by atoms with Crippen LogP contribution >= 0.6 is 11.6 Å². The van der Waals surface area contributed by atoms with Gasteiger partial charge in [0.25, 0.3) is 11.7 Å². The number of carbonyl (C=O) groups excluding carboxylic acids is 2. The predicted octanol–water partition coefficient (Wildman–Crippen LogP) is 4.11. The SMILES string of the molecule is CCOc1ccc(C2/C(=C(/O)c3ccc(Cl)cc3)C(=O)C(=O)N2CCCN(C)C)cc1. The van der Waals surface area contributed by atoms with Crippen LogP contribution in [0.25, 0.3) is 5.76 Å². The first-order valence-corrected chi connectivity index (χ1v) is 10.6. The molecule has 1 fully saturated rings. The molecule has 7 heteroatoms. The van der Waals surface area contributed by atoms with Crippen LogP contribution < -0.4 is 4.74 Å². The Morgan fingerprint density at radius 2 is 1.74 bits per heavy atom. The van der Waals surface area contributed by atoms with Crippen LogP contribution in [0.5, 0.6) is 5.75 Å². The molecular weight excluding hydrogens is 416 g/mol. The molecule has 0 spiro atoms. The number of hydrogen-bond donors (Lipinski definition) is 1. The van der Waals surface area contributed by atoms with Crippen LogP contribution in [0.2, 0.25) is 5.02 Å². The monoisotopic (exact) mass is 442 g/mol. The van der Waals surface area contributed by atoms with Gasteiger partial charge in [0, 0.05) is 17.1 Å². The fraction of sp³-hybridized carbons (Fsp3) is 0.333. The molecule has 1 heterocycles. The maximum absolute atomic E-state index is 13.0. The minimum absolute atomic E-state index is 0.0846. The van der Waals surface area contributed by atoms with Gasteiger partial charge in [-0.2, -0.15) is 0 Å². The van der Waals surface area contributed by atoms with Crippen molar-refractivity contribution in [3.63, 3.8) is 0 Å². The number of benzene rings is 2. The Hall–Kier alpha value is -2.83. The van der Waals surface area contributed by atoms with Crippen molar-refractivity contribution >= 4 is 29.1 Å². The van der Waals surface area contributed by atoms with Gasteiger partial charge in [0.15, 0.2) is 0 Å². The summed E-state index contributed by atoms with van der Waals surface area (Å²) in [5.41, 5.74) is 1.26. The molecule has 3 rings (SSSR count). The minimum atomic E-state index is -0.684. The van der Waals surface area contributed by atoms with Gasteiger partial charge in [0.05, 0.1) is 18.2 Å². The van der Waals surface area contributed by atoms with Gasteiger partial charge in [0.2, 0.25) is 0 Å². The quantitative estimate of drug-likeness (QED) is 0.378. The number of ketones is 1. The number of hydrogen-bond acceptors (Lipinski definition) is 5. The maximum atomic E-state index is 13.0. The van der Waals surface area contributed by atoms with E-state index in [-0.39, 0.29) is 11.3 Å². The second-order valence-electron chi connectivity index (χ2n) is 7.66. The van der Waals surface area contributed by atoms with E-state index >= 15 is 0 Å². The van der Waals surface area contributed by atoms with Gasteiger partial charge in [-0.3, -0.25) is 9.59 Å². The first-order chi connectivity index (χ1) is 14.8. The highest BCUT2D eigenvalue weighted by atomic mass is 35.5. The Kier molecular flexibility index (Phi) is 7.36. The Labute approximate surface area is 187 Å². The topological polar surface area (TPSA) is 70.1 Å². The minimum Gasteiger partial charge on any atom is -0.507 e. The molecule has 1 amide bonds. The summed E-state index contributed by atoms with van der Waals surface area (Å²) in [4.78, 5) is 29.5. The molecule has 1 saturated heterocycles. The lowest BCUT2D eigenvalue weighted by molar-refractivity contribution is -0.139. The highest BCUT2D eigenvalue weighted by molar-refractivity contribution is 6.46. The van der Waals surface area contributed by atoms with Crippen molar-refractivity contribution in [1.82, 2.24) is 9.80 Å². The van der Waals surface area contributed by atoms with Gasteiger partial charge in [-0.05, 0) is 75.9 Å². The number of nitrogens with zero attached hydrogens (tertiary/aromatic N) is 2. The molecule has 0 radical (unpaired) electrons. The second-order valence-corrected chi connectivity index (χ2v) is 8.09. The van der Waals surface area contributed by atoms with Gasteiger partial charge < -0.3 is 19.6 Å². The summed E-state index contributed by atoms with van der Waals surface area (Å²) in [5, 5.41) is 11.5. The molecule has 1 aliphatic heterocycles. The van der Waals surface area contributed by atoms with E-state index < -0.39 is 17.7 Å². The Bertz CT molecular complexity index is 968. The van der Waals surface area contributed by atoms with E-state index in [0.29, 0.717) is 35.9 Å². The standard InChI is InChI=1S/C24H27ClN2O4/c1-4-31-19-12-8-16(9-13-19)21-20(22(28)17-6-10-18(25)11-7-17)23(29)24(30)27(21)15-5-14-26(2)3/h6-13,21,28H,4-5,14-15H2,1-3H3/b22-20-. The Morgan fingerprint density at radius 1 is 1.10 bits per heavy atom. The predicted molar refractivity (Wildman–Crippen MR) is 121 cm³/mol. The zero-order valence-corrected chi connectivity index (χ0v) is 18.7. The number of rotatable bonds is 8. The lowest BCUT2D eigenvalue weighted by atomic mass is 9.95. The number of halogens is 1. The van der Waals surface area contributed by atoms with Crippen molar-refractivity contribution in [1.29, 1.82) is 0 Å². The highest BCUT2D eigenvalue weighted by Crippen LogP contribution is 2.40. The van der Waals surface area contributed by atoms with Crippen molar-refractivity contribution in [2.24, 2.45) is 0 Å². The Balaban J connectivity index is 2.05. The van der Waals surface area contributed by atoms with Gasteiger partial charge in [-0.1, -0.05) is 23.7 Å². The fourth-order valence-electron chi connectivity index (χ4n) is 3.69. The average Bonchev–Trinajstić information content (AvgIpc) is 2.99. The summed E-state index contributed by atoms with van der Waals surface area (Å²) < 4.78 is 5.51. The smallest absolute Gasteiger partial charge is 0.295 e. The van der Waals surface area contributed by atoms with E-state index in [4.69, 9.17) is 16.3 Å². The largest absolute Gasteiger partial charge is 0.507 e. The number of amides is 1. The van der Waals surface area contributed by atoms with Crippen LogP contribution in [0.4, 0.5) is 0 Å². The number of likely N-dealkylation sites (tertiary alicyclic amines) is 1. The second kappa shape index (κ2) is 9.98. The van der Waals surface area contributed by atoms with Crippen molar-refractivity contribution < 1.29 is 19.4 Å². The van der Waals surface area contributed by atoms with E-state index in [1.165, 1.54) is 0 Å². The van der Waals surface area contributed by atoms with Crippen LogP contribution in [0.3, 0.4) is 0 Å². The summed E-state index contributed by atoms with van der Waals surface area (Å²) in [6.45, 7) is 3.62. The van der Waals surface area contributed by atoms with Crippen molar-refractivity contribution in [2.45, 2.75) is 19.4 Å². The number of aliphatic hydroxyl groups excluding tert-OH is 1. The zero-order chi connectivity index (χ0) is 22.5. The molecule has 0 bridgehead atoms. The fourth-order valence-corrected chi connectivity index (χ4v) is 3.82. The summed E-state index contributed by atoms with van der Waals surface area (Å²) >= 11 is 5.96. The number of aliphatic hydroxyl groups is 1. The molecule has 0 saturated carbocycles. The third kappa shape index (κ3) is 5.09. The molecule has 2 aromatic rings. The van der Waals surface area contributed by atoms with E-state index in [9.17, 15) is 14.7 Å². The van der Waals surface area contributed by atoms with Gasteiger partial charge in [-0.25, -0.2) is 0 Å². The molecule has 1 atom stereocenters. The molecule has 2 aromatic carbocycles. The molecule has 31 heavy (non-hydrogen) atoms. The van der Waals surface area contributed by atoms with Crippen LogP contribution in [-0.2, 0) is 9.59 Å². The average molecular weight is 443 g/mol.